The highest BCUT2D eigenvalue weighted by Crippen LogP contribution is 2.17. The van der Waals surface area contributed by atoms with E-state index in [-0.39, 0.29) is 31.1 Å². The van der Waals surface area contributed by atoms with Crippen LogP contribution in [-0.2, 0) is 28.6 Å². The fourth-order valence-electron chi connectivity index (χ4n) is 10.0. The number of hydrogen-bond acceptors (Lipinski definition) is 6. The van der Waals surface area contributed by atoms with E-state index in [0.717, 1.165) is 135 Å². The Morgan fingerprint density at radius 2 is 0.470 bits per heavy atom. The van der Waals surface area contributed by atoms with Gasteiger partial charge in [0.25, 0.3) is 0 Å². The van der Waals surface area contributed by atoms with Crippen LogP contribution in [-0.4, -0.2) is 37.2 Å². The number of unbranched alkanes of at least 4 members (excludes halogenated alkanes) is 35. The van der Waals surface area contributed by atoms with Crippen LogP contribution in [0, 0.1) is 0 Å². The third-order valence-electron chi connectivity index (χ3n) is 15.2. The van der Waals surface area contributed by atoms with Crippen LogP contribution in [0.25, 0.3) is 0 Å². The molecule has 0 radical (unpaired) electrons. The molecule has 83 heavy (non-hydrogen) atoms. The number of ether oxygens (including phenoxy) is 3. The summed E-state index contributed by atoms with van der Waals surface area (Å²) in [6, 6.07) is 0. The van der Waals surface area contributed by atoms with Crippen LogP contribution < -0.4 is 0 Å². The van der Waals surface area contributed by atoms with Crippen molar-refractivity contribution in [2.75, 3.05) is 13.2 Å². The monoisotopic (exact) mass is 1150 g/mol. The molecule has 0 fully saturated rings. The van der Waals surface area contributed by atoms with Crippen molar-refractivity contribution in [3.8, 4) is 0 Å². The van der Waals surface area contributed by atoms with Gasteiger partial charge in [-0.1, -0.05) is 310 Å². The molecule has 0 aliphatic carbocycles. The quantitative estimate of drug-likeness (QED) is 0.0261. The van der Waals surface area contributed by atoms with E-state index in [0.29, 0.717) is 19.3 Å². The van der Waals surface area contributed by atoms with Gasteiger partial charge in [-0.3, -0.25) is 14.4 Å². The zero-order chi connectivity index (χ0) is 59.9. The van der Waals surface area contributed by atoms with E-state index in [1.165, 1.54) is 167 Å². The Balaban J connectivity index is 4.15. The molecule has 0 aromatic heterocycles. The molecule has 0 bridgehead atoms. The lowest BCUT2D eigenvalue weighted by Crippen LogP contribution is -2.30. The standard InChI is InChI=1S/C77H132O6/c1-4-7-10-13-16-19-22-25-28-29-30-31-32-33-34-35-36-37-38-39-40-41-42-43-44-45-46-47-50-52-55-58-61-64-67-70-76(79)82-73-74(83-77(80)71-68-65-62-59-56-53-49-27-24-21-18-15-12-9-6-3)72-81-75(78)69-66-63-60-57-54-51-48-26-23-20-17-14-11-8-5-2/h7,9-10,12,16,18-19,21,25-28,30-31,33-34,48-49,74H,4-6,8,11,13-15,17,20,22-24,29,32,35-47,50-73H2,1-3H3/b10-7-,12-9-,19-16-,21-18-,28-25-,31-30-,34-33-,48-26-,49-27-. The van der Waals surface area contributed by atoms with Crippen molar-refractivity contribution in [1.82, 2.24) is 0 Å². The third-order valence-corrected chi connectivity index (χ3v) is 15.2. The van der Waals surface area contributed by atoms with Crippen LogP contribution in [0.3, 0.4) is 0 Å². The largest absolute Gasteiger partial charge is 0.462 e. The minimum absolute atomic E-state index is 0.0845. The number of carbonyl (C=O) groups is 3. The van der Waals surface area contributed by atoms with Gasteiger partial charge in [0.2, 0.25) is 0 Å². The van der Waals surface area contributed by atoms with Gasteiger partial charge in [-0.15, -0.1) is 0 Å². The number of carbonyl (C=O) groups excluding carboxylic acids is 3. The normalized spacial score (nSPS) is 12.8. The molecule has 0 rings (SSSR count). The van der Waals surface area contributed by atoms with Crippen LogP contribution in [0.4, 0.5) is 0 Å². The zero-order valence-electron chi connectivity index (χ0n) is 54.7. The maximum atomic E-state index is 12.9. The van der Waals surface area contributed by atoms with E-state index in [1.807, 2.05) is 0 Å². The molecule has 0 amide bonds. The van der Waals surface area contributed by atoms with Crippen molar-refractivity contribution in [1.29, 1.82) is 0 Å². The first-order valence-electron chi connectivity index (χ1n) is 35.4. The Morgan fingerprint density at radius 3 is 0.747 bits per heavy atom. The molecular formula is C77H132O6. The second-order valence-electron chi connectivity index (χ2n) is 23.4. The Bertz CT molecular complexity index is 1660. The number of allylic oxidation sites excluding steroid dienone is 18. The minimum Gasteiger partial charge on any atom is -0.462 e. The molecule has 0 aliphatic heterocycles. The first-order chi connectivity index (χ1) is 41.0. The first-order valence-corrected chi connectivity index (χ1v) is 35.4. The van der Waals surface area contributed by atoms with Crippen LogP contribution in [0.1, 0.15) is 342 Å². The first kappa shape index (κ1) is 79.1. The lowest BCUT2D eigenvalue weighted by Gasteiger charge is -2.18. The van der Waals surface area contributed by atoms with Gasteiger partial charge in [0.05, 0.1) is 0 Å². The van der Waals surface area contributed by atoms with E-state index in [1.54, 1.807) is 0 Å². The molecule has 1 atom stereocenters. The molecule has 0 saturated heterocycles. The molecule has 476 valence electrons. The minimum atomic E-state index is -0.790. The average Bonchev–Trinajstić information content (AvgIpc) is 3.49. The molecule has 0 N–H and O–H groups in total. The maximum Gasteiger partial charge on any atom is 0.306 e. The van der Waals surface area contributed by atoms with E-state index in [9.17, 15) is 14.4 Å². The smallest absolute Gasteiger partial charge is 0.306 e. The highest BCUT2D eigenvalue weighted by molar-refractivity contribution is 5.71. The summed E-state index contributed by atoms with van der Waals surface area (Å²) in [4.78, 5) is 38.4. The summed E-state index contributed by atoms with van der Waals surface area (Å²) >= 11 is 0. The van der Waals surface area contributed by atoms with Crippen LogP contribution >= 0.6 is 0 Å². The lowest BCUT2D eigenvalue weighted by atomic mass is 10.0. The van der Waals surface area contributed by atoms with Gasteiger partial charge in [-0.05, 0) is 122 Å². The van der Waals surface area contributed by atoms with Crippen LogP contribution in [0.2, 0.25) is 0 Å². The Labute approximate surface area is 514 Å². The topological polar surface area (TPSA) is 78.9 Å². The molecule has 0 aliphatic rings. The summed E-state index contributed by atoms with van der Waals surface area (Å²) in [6.07, 6.45) is 97.0. The summed E-state index contributed by atoms with van der Waals surface area (Å²) in [5.74, 6) is -0.896. The van der Waals surface area contributed by atoms with Crippen molar-refractivity contribution in [3.05, 3.63) is 109 Å². The second kappa shape index (κ2) is 70.6. The molecule has 0 saturated carbocycles. The Morgan fingerprint density at radius 1 is 0.253 bits per heavy atom. The van der Waals surface area contributed by atoms with Crippen molar-refractivity contribution in [2.45, 2.75) is 348 Å². The summed E-state index contributed by atoms with van der Waals surface area (Å²) in [7, 11) is 0. The molecule has 0 heterocycles. The number of esters is 3. The zero-order valence-corrected chi connectivity index (χ0v) is 54.7. The number of rotatable bonds is 64. The van der Waals surface area contributed by atoms with Gasteiger partial charge in [-0.25, -0.2) is 0 Å². The van der Waals surface area contributed by atoms with Gasteiger partial charge in [-0.2, -0.15) is 0 Å². The van der Waals surface area contributed by atoms with E-state index >= 15 is 0 Å². The molecule has 1 unspecified atom stereocenters. The maximum absolute atomic E-state index is 12.9. The van der Waals surface area contributed by atoms with Crippen molar-refractivity contribution in [3.63, 3.8) is 0 Å². The third kappa shape index (κ3) is 68.7. The lowest BCUT2D eigenvalue weighted by molar-refractivity contribution is -0.167. The van der Waals surface area contributed by atoms with Gasteiger partial charge in [0.1, 0.15) is 13.2 Å². The second-order valence-corrected chi connectivity index (χ2v) is 23.4. The highest BCUT2D eigenvalue weighted by Gasteiger charge is 2.19. The summed E-state index contributed by atoms with van der Waals surface area (Å²) in [5.41, 5.74) is 0. The van der Waals surface area contributed by atoms with Crippen molar-refractivity contribution < 1.29 is 28.6 Å². The SMILES string of the molecule is CC/C=C\C/C=C\C/C=C\C/C=C\C/C=C\CCCCCCCCCCCCCCCCCCCCCC(=O)OCC(COC(=O)CCCCCCC/C=C\CCCCCCCC)OC(=O)CCCCCCC/C=C\C/C=C\C/C=C\CC. The van der Waals surface area contributed by atoms with E-state index in [4.69, 9.17) is 14.2 Å². The van der Waals surface area contributed by atoms with Gasteiger partial charge in [0, 0.05) is 19.3 Å². The molecular weight excluding hydrogens is 1020 g/mol. The van der Waals surface area contributed by atoms with Crippen LogP contribution in [0.5, 0.6) is 0 Å². The predicted octanol–water partition coefficient (Wildman–Crippen LogP) is 24.6. The van der Waals surface area contributed by atoms with Gasteiger partial charge in [0.15, 0.2) is 6.10 Å². The number of hydrogen-bond donors (Lipinski definition) is 0. The molecule has 0 spiro atoms. The van der Waals surface area contributed by atoms with Gasteiger partial charge < -0.3 is 14.2 Å². The molecule has 6 nitrogen and oxygen atoms in total. The van der Waals surface area contributed by atoms with Gasteiger partial charge >= 0.3 is 17.9 Å². The Kier molecular flexibility index (Phi) is 67.2. The molecule has 0 aromatic carbocycles. The summed E-state index contributed by atoms with van der Waals surface area (Å²) < 4.78 is 16.9. The predicted molar refractivity (Wildman–Crippen MR) is 362 cm³/mol. The van der Waals surface area contributed by atoms with Crippen molar-refractivity contribution in [2.24, 2.45) is 0 Å². The fourth-order valence-corrected chi connectivity index (χ4v) is 10.0. The highest BCUT2D eigenvalue weighted by atomic mass is 16.6. The summed E-state index contributed by atoms with van der Waals surface area (Å²) in [6.45, 7) is 6.42. The molecule has 0 aromatic rings. The average molecular weight is 1150 g/mol. The van der Waals surface area contributed by atoms with Crippen molar-refractivity contribution >= 4 is 17.9 Å². The van der Waals surface area contributed by atoms with E-state index in [2.05, 4.69) is 130 Å². The Hall–Kier alpha value is -3.93. The summed E-state index contributed by atoms with van der Waals surface area (Å²) in [5, 5.41) is 0. The van der Waals surface area contributed by atoms with Crippen LogP contribution in [0.15, 0.2) is 109 Å². The fraction of sp³-hybridized carbons (Fsp3) is 0.727. The van der Waals surface area contributed by atoms with E-state index < -0.39 is 6.10 Å². The molecule has 6 heteroatoms.